The van der Waals surface area contributed by atoms with Crippen molar-refractivity contribution in [1.82, 2.24) is 0 Å². The fourth-order valence-electron chi connectivity index (χ4n) is 4.45. The van der Waals surface area contributed by atoms with E-state index >= 15 is 0 Å². The number of hydrogen-bond acceptors (Lipinski definition) is 6. The van der Waals surface area contributed by atoms with Crippen molar-refractivity contribution in [2.24, 2.45) is 0 Å². The van der Waals surface area contributed by atoms with Crippen molar-refractivity contribution in [2.75, 3.05) is 20.8 Å². The number of benzene rings is 3. The van der Waals surface area contributed by atoms with Gasteiger partial charge in [-0.15, -0.1) is 0 Å². The van der Waals surface area contributed by atoms with Crippen LogP contribution in [0.3, 0.4) is 0 Å². The van der Waals surface area contributed by atoms with Gasteiger partial charge in [0.2, 0.25) is 0 Å². The minimum atomic E-state index is -1.02. The molecule has 1 saturated heterocycles. The van der Waals surface area contributed by atoms with Crippen LogP contribution in [-0.4, -0.2) is 50.2 Å². The molecule has 0 aliphatic carbocycles. The van der Waals surface area contributed by atoms with Gasteiger partial charge >= 0.3 is 5.97 Å². The average Bonchev–Trinajstić information content (AvgIpc) is 2.90. The lowest BCUT2D eigenvalue weighted by Gasteiger charge is -2.38. The van der Waals surface area contributed by atoms with Gasteiger partial charge in [-0.1, -0.05) is 72.8 Å². The van der Waals surface area contributed by atoms with Gasteiger partial charge in [-0.25, -0.2) is 0 Å². The number of esters is 1. The van der Waals surface area contributed by atoms with Crippen LogP contribution in [0.5, 0.6) is 5.75 Å². The molecule has 1 N–H and O–H groups in total. The lowest BCUT2D eigenvalue weighted by molar-refractivity contribution is -0.175. The van der Waals surface area contributed by atoms with Crippen molar-refractivity contribution in [3.05, 3.63) is 102 Å². The lowest BCUT2D eigenvalue weighted by atomic mass is 9.80. The Labute approximate surface area is 200 Å². The standard InChI is InChI=1S/C28H30O6/c1-31-23-15-13-22(14-16-23)28(20-9-5-3-6-10-20,21-11-7-4-8-12-21)33-19-25(29)26-17-24(32-2)18-27(30)34-26/h3-16,24-26,29H,17-19H2,1-2H3/t24-,25-,26-/m1/s1. The zero-order valence-corrected chi connectivity index (χ0v) is 19.4. The van der Waals surface area contributed by atoms with E-state index in [-0.39, 0.29) is 25.1 Å². The molecular weight excluding hydrogens is 432 g/mol. The highest BCUT2D eigenvalue weighted by Gasteiger charge is 2.40. The van der Waals surface area contributed by atoms with Crippen molar-refractivity contribution >= 4 is 5.97 Å². The molecule has 3 aromatic rings. The maximum atomic E-state index is 12.0. The van der Waals surface area contributed by atoms with E-state index in [0.717, 1.165) is 22.4 Å². The van der Waals surface area contributed by atoms with Crippen LogP contribution >= 0.6 is 0 Å². The second-order valence-electron chi connectivity index (χ2n) is 8.35. The van der Waals surface area contributed by atoms with Gasteiger partial charge in [-0.2, -0.15) is 0 Å². The molecule has 1 fully saturated rings. The van der Waals surface area contributed by atoms with Gasteiger partial charge in [0, 0.05) is 13.5 Å². The van der Waals surface area contributed by atoms with Crippen LogP contribution in [-0.2, 0) is 24.6 Å². The smallest absolute Gasteiger partial charge is 0.308 e. The van der Waals surface area contributed by atoms with Gasteiger partial charge in [0.15, 0.2) is 0 Å². The Hall–Kier alpha value is -3.19. The molecule has 0 saturated carbocycles. The maximum absolute atomic E-state index is 12.0. The Kier molecular flexibility index (Phi) is 7.63. The second kappa shape index (κ2) is 10.8. The Morgan fingerprint density at radius 2 is 1.47 bits per heavy atom. The molecule has 0 radical (unpaired) electrons. The number of rotatable bonds is 9. The Morgan fingerprint density at radius 3 is 2.00 bits per heavy atom. The van der Waals surface area contributed by atoms with E-state index in [0.29, 0.717) is 6.42 Å². The Bertz CT molecular complexity index is 1010. The fourth-order valence-corrected chi connectivity index (χ4v) is 4.45. The highest BCUT2D eigenvalue weighted by atomic mass is 16.6. The Morgan fingerprint density at radius 1 is 0.912 bits per heavy atom. The zero-order valence-electron chi connectivity index (χ0n) is 19.4. The number of cyclic esters (lactones) is 1. The molecule has 1 aliphatic heterocycles. The minimum absolute atomic E-state index is 0.0514. The molecule has 0 bridgehead atoms. The highest BCUT2D eigenvalue weighted by Crippen LogP contribution is 2.41. The molecule has 1 heterocycles. The number of methoxy groups -OCH3 is 2. The topological polar surface area (TPSA) is 74.2 Å². The molecule has 3 aromatic carbocycles. The monoisotopic (exact) mass is 462 g/mol. The summed E-state index contributed by atoms with van der Waals surface area (Å²) in [6, 6.07) is 27.5. The van der Waals surface area contributed by atoms with E-state index in [1.807, 2.05) is 84.9 Å². The Balaban J connectivity index is 1.73. The highest BCUT2D eigenvalue weighted by molar-refractivity contribution is 5.71. The van der Waals surface area contributed by atoms with Gasteiger partial charge < -0.3 is 24.1 Å². The minimum Gasteiger partial charge on any atom is -0.497 e. The lowest BCUT2D eigenvalue weighted by Crippen LogP contribution is -2.44. The van der Waals surface area contributed by atoms with Crippen molar-refractivity contribution in [3.63, 3.8) is 0 Å². The van der Waals surface area contributed by atoms with Gasteiger partial charge in [0.05, 0.1) is 26.2 Å². The van der Waals surface area contributed by atoms with Gasteiger partial charge in [-0.3, -0.25) is 4.79 Å². The first-order valence-electron chi connectivity index (χ1n) is 11.4. The van der Waals surface area contributed by atoms with Crippen molar-refractivity contribution in [1.29, 1.82) is 0 Å². The van der Waals surface area contributed by atoms with Gasteiger partial charge in [0.25, 0.3) is 0 Å². The molecule has 1 aliphatic rings. The first-order valence-corrected chi connectivity index (χ1v) is 11.4. The number of ether oxygens (including phenoxy) is 4. The predicted octanol–water partition coefficient (Wildman–Crippen LogP) is 4.09. The van der Waals surface area contributed by atoms with E-state index in [2.05, 4.69) is 0 Å². The summed E-state index contributed by atoms with van der Waals surface area (Å²) in [7, 11) is 3.19. The van der Waals surface area contributed by atoms with Gasteiger partial charge in [-0.05, 0) is 28.8 Å². The molecule has 34 heavy (non-hydrogen) atoms. The third-order valence-corrected chi connectivity index (χ3v) is 6.26. The summed E-state index contributed by atoms with van der Waals surface area (Å²) in [5.74, 6) is 0.355. The summed E-state index contributed by atoms with van der Waals surface area (Å²) in [4.78, 5) is 12.0. The quantitative estimate of drug-likeness (QED) is 0.382. The van der Waals surface area contributed by atoms with Crippen LogP contribution in [0.15, 0.2) is 84.9 Å². The summed E-state index contributed by atoms with van der Waals surface area (Å²) in [5.41, 5.74) is 1.70. The summed E-state index contributed by atoms with van der Waals surface area (Å²) in [5, 5.41) is 11.0. The van der Waals surface area contributed by atoms with Crippen LogP contribution in [0, 0.1) is 0 Å². The van der Waals surface area contributed by atoms with E-state index in [9.17, 15) is 9.90 Å². The summed E-state index contributed by atoms with van der Waals surface area (Å²) >= 11 is 0. The molecule has 0 aromatic heterocycles. The molecule has 6 nitrogen and oxygen atoms in total. The van der Waals surface area contributed by atoms with E-state index in [1.54, 1.807) is 14.2 Å². The molecule has 0 amide bonds. The van der Waals surface area contributed by atoms with Crippen molar-refractivity contribution in [2.45, 2.75) is 36.8 Å². The molecular formula is C28H30O6. The SMILES string of the molecule is COc1ccc(C(OC[C@@H](O)[C@H]2C[C@@H](OC)CC(=O)O2)(c2ccccc2)c2ccccc2)cc1. The second-order valence-corrected chi connectivity index (χ2v) is 8.35. The fraction of sp³-hybridized carbons (Fsp3) is 0.321. The maximum Gasteiger partial charge on any atom is 0.308 e. The molecule has 178 valence electrons. The summed E-state index contributed by atoms with van der Waals surface area (Å²) < 4.78 is 22.8. The van der Waals surface area contributed by atoms with Crippen LogP contribution in [0.2, 0.25) is 0 Å². The molecule has 3 atom stereocenters. The number of aliphatic hydroxyl groups excluding tert-OH is 1. The van der Waals surface area contributed by atoms with Crippen LogP contribution < -0.4 is 4.74 Å². The molecule has 4 rings (SSSR count). The molecule has 0 unspecified atom stereocenters. The first-order chi connectivity index (χ1) is 16.6. The number of carbonyl (C=O) groups excluding carboxylic acids is 1. The van der Waals surface area contributed by atoms with Gasteiger partial charge in [0.1, 0.15) is 23.6 Å². The van der Waals surface area contributed by atoms with Crippen LogP contribution in [0.4, 0.5) is 0 Å². The largest absolute Gasteiger partial charge is 0.497 e. The third kappa shape index (κ3) is 4.99. The first kappa shape index (κ1) is 24.0. The number of aliphatic hydroxyl groups is 1. The molecule has 0 spiro atoms. The normalized spacial score (nSPS) is 19.3. The molecule has 6 heteroatoms. The third-order valence-electron chi connectivity index (χ3n) is 6.26. The average molecular weight is 463 g/mol. The van der Waals surface area contributed by atoms with E-state index in [1.165, 1.54) is 0 Å². The van der Waals surface area contributed by atoms with E-state index in [4.69, 9.17) is 18.9 Å². The number of carbonyl (C=O) groups is 1. The summed E-state index contributed by atoms with van der Waals surface area (Å²) in [6.45, 7) is -0.0514. The summed E-state index contributed by atoms with van der Waals surface area (Å²) in [6.07, 6.45) is -1.41. The van der Waals surface area contributed by atoms with Crippen molar-refractivity contribution in [3.8, 4) is 5.75 Å². The van der Waals surface area contributed by atoms with Crippen molar-refractivity contribution < 1.29 is 28.8 Å². The predicted molar refractivity (Wildman–Crippen MR) is 128 cm³/mol. The zero-order chi connectivity index (χ0) is 24.0. The van der Waals surface area contributed by atoms with Crippen LogP contribution in [0.1, 0.15) is 29.5 Å². The van der Waals surface area contributed by atoms with E-state index < -0.39 is 17.8 Å². The number of hydrogen-bond donors (Lipinski definition) is 1. The van der Waals surface area contributed by atoms with Crippen LogP contribution in [0.25, 0.3) is 0 Å².